The number of benzene rings is 1. The highest BCUT2D eigenvalue weighted by Gasteiger charge is 2.38. The smallest absolute Gasteiger partial charge is 0.254 e. The molecule has 2 fully saturated rings. The van der Waals surface area contributed by atoms with E-state index in [1.54, 1.807) is 0 Å². The van der Waals surface area contributed by atoms with Crippen LogP contribution < -0.4 is 5.73 Å². The molecular formula is C16H22N2O. The SMILES string of the molecule is NCc1cccc(C(=O)N2CCC3CCCCC32)c1. The van der Waals surface area contributed by atoms with Gasteiger partial charge in [-0.1, -0.05) is 25.0 Å². The third-order valence-electron chi connectivity index (χ3n) is 4.68. The van der Waals surface area contributed by atoms with E-state index >= 15 is 0 Å². The molecule has 2 atom stereocenters. The summed E-state index contributed by atoms with van der Waals surface area (Å²) in [5.74, 6) is 0.945. The Kier molecular flexibility index (Phi) is 3.56. The van der Waals surface area contributed by atoms with E-state index in [-0.39, 0.29) is 5.91 Å². The van der Waals surface area contributed by atoms with Gasteiger partial charge in [0.15, 0.2) is 0 Å². The summed E-state index contributed by atoms with van der Waals surface area (Å²) >= 11 is 0. The lowest BCUT2D eigenvalue weighted by Gasteiger charge is -2.31. The van der Waals surface area contributed by atoms with Crippen LogP contribution in [0.15, 0.2) is 24.3 Å². The molecule has 19 heavy (non-hydrogen) atoms. The highest BCUT2D eigenvalue weighted by molar-refractivity contribution is 5.94. The van der Waals surface area contributed by atoms with Crippen molar-refractivity contribution in [1.29, 1.82) is 0 Å². The minimum absolute atomic E-state index is 0.199. The summed E-state index contributed by atoms with van der Waals surface area (Å²) in [5.41, 5.74) is 7.49. The van der Waals surface area contributed by atoms with Crippen LogP contribution >= 0.6 is 0 Å². The first-order chi connectivity index (χ1) is 9.29. The summed E-state index contributed by atoms with van der Waals surface area (Å²) in [4.78, 5) is 14.8. The average Bonchev–Trinajstić information content (AvgIpc) is 2.90. The first-order valence-corrected chi connectivity index (χ1v) is 7.39. The van der Waals surface area contributed by atoms with Crippen molar-refractivity contribution >= 4 is 5.91 Å². The topological polar surface area (TPSA) is 46.3 Å². The first kappa shape index (κ1) is 12.7. The quantitative estimate of drug-likeness (QED) is 0.886. The van der Waals surface area contributed by atoms with Gasteiger partial charge in [-0.15, -0.1) is 0 Å². The Labute approximate surface area is 114 Å². The van der Waals surface area contributed by atoms with E-state index < -0.39 is 0 Å². The van der Waals surface area contributed by atoms with Crippen LogP contribution in [0.25, 0.3) is 0 Å². The third-order valence-corrected chi connectivity index (χ3v) is 4.68. The Morgan fingerprint density at radius 1 is 1.26 bits per heavy atom. The fourth-order valence-electron chi connectivity index (χ4n) is 3.66. The highest BCUT2D eigenvalue weighted by Crippen LogP contribution is 2.36. The number of hydrogen-bond acceptors (Lipinski definition) is 2. The zero-order chi connectivity index (χ0) is 13.2. The van der Waals surface area contributed by atoms with Gasteiger partial charge in [-0.25, -0.2) is 0 Å². The molecule has 1 amide bonds. The van der Waals surface area contributed by atoms with Gasteiger partial charge in [-0.3, -0.25) is 4.79 Å². The van der Waals surface area contributed by atoms with Gasteiger partial charge in [0.2, 0.25) is 0 Å². The predicted octanol–water partition coefficient (Wildman–Crippen LogP) is 2.55. The predicted molar refractivity (Wildman–Crippen MR) is 75.7 cm³/mol. The number of hydrogen-bond donors (Lipinski definition) is 1. The number of rotatable bonds is 2. The van der Waals surface area contributed by atoms with E-state index in [9.17, 15) is 4.79 Å². The monoisotopic (exact) mass is 258 g/mol. The summed E-state index contributed by atoms with van der Waals surface area (Å²) in [6, 6.07) is 8.26. The number of fused-ring (bicyclic) bond motifs is 1. The number of nitrogens with zero attached hydrogens (tertiary/aromatic N) is 1. The van der Waals surface area contributed by atoms with E-state index in [4.69, 9.17) is 5.73 Å². The summed E-state index contributed by atoms with van der Waals surface area (Å²) in [6.45, 7) is 1.42. The highest BCUT2D eigenvalue weighted by atomic mass is 16.2. The van der Waals surface area contributed by atoms with Crippen molar-refractivity contribution in [2.45, 2.75) is 44.7 Å². The van der Waals surface area contributed by atoms with E-state index in [0.717, 1.165) is 23.6 Å². The summed E-state index contributed by atoms with van der Waals surface area (Å²) in [5, 5.41) is 0. The molecule has 1 saturated heterocycles. The molecule has 3 rings (SSSR count). The summed E-state index contributed by atoms with van der Waals surface area (Å²) in [6.07, 6.45) is 6.29. The van der Waals surface area contributed by atoms with E-state index in [0.29, 0.717) is 12.6 Å². The van der Waals surface area contributed by atoms with Crippen molar-refractivity contribution in [3.05, 3.63) is 35.4 Å². The third kappa shape index (κ3) is 2.39. The number of carbonyl (C=O) groups excluding carboxylic acids is 1. The molecule has 0 radical (unpaired) electrons. The maximum atomic E-state index is 12.7. The van der Waals surface area contributed by atoms with Crippen LogP contribution in [0.4, 0.5) is 0 Å². The van der Waals surface area contributed by atoms with Gasteiger partial charge in [0, 0.05) is 24.7 Å². The Morgan fingerprint density at radius 3 is 2.95 bits per heavy atom. The number of carbonyl (C=O) groups is 1. The molecule has 1 aliphatic heterocycles. The van der Waals surface area contributed by atoms with Crippen molar-refractivity contribution in [2.24, 2.45) is 11.7 Å². The molecule has 0 bridgehead atoms. The largest absolute Gasteiger partial charge is 0.335 e. The first-order valence-electron chi connectivity index (χ1n) is 7.39. The van der Waals surface area contributed by atoms with Crippen LogP contribution in [0.5, 0.6) is 0 Å². The fourth-order valence-corrected chi connectivity index (χ4v) is 3.66. The normalized spacial score (nSPS) is 26.3. The van der Waals surface area contributed by atoms with Crippen LogP contribution in [0, 0.1) is 5.92 Å². The number of nitrogens with two attached hydrogens (primary N) is 1. The van der Waals surface area contributed by atoms with Gasteiger partial charge >= 0.3 is 0 Å². The average molecular weight is 258 g/mol. The van der Waals surface area contributed by atoms with E-state index in [2.05, 4.69) is 4.90 Å². The molecule has 1 aromatic rings. The number of amides is 1. The molecule has 2 aliphatic rings. The molecule has 1 heterocycles. The van der Waals surface area contributed by atoms with Gasteiger partial charge in [0.25, 0.3) is 5.91 Å². The lowest BCUT2D eigenvalue weighted by Crippen LogP contribution is -2.39. The summed E-state index contributed by atoms with van der Waals surface area (Å²) in [7, 11) is 0. The van der Waals surface area contributed by atoms with Gasteiger partial charge in [-0.05, 0) is 42.9 Å². The minimum atomic E-state index is 0.199. The molecule has 3 heteroatoms. The molecule has 2 N–H and O–H groups in total. The maximum absolute atomic E-state index is 12.7. The van der Waals surface area contributed by atoms with Crippen molar-refractivity contribution < 1.29 is 4.79 Å². The van der Waals surface area contributed by atoms with Crippen LogP contribution in [-0.4, -0.2) is 23.4 Å². The second-order valence-electron chi connectivity index (χ2n) is 5.80. The molecule has 0 spiro atoms. The van der Waals surface area contributed by atoms with E-state index in [1.165, 1.54) is 32.1 Å². The van der Waals surface area contributed by atoms with Crippen LogP contribution in [-0.2, 0) is 6.54 Å². The van der Waals surface area contributed by atoms with Crippen LogP contribution in [0.2, 0.25) is 0 Å². The maximum Gasteiger partial charge on any atom is 0.254 e. The van der Waals surface area contributed by atoms with Crippen LogP contribution in [0.3, 0.4) is 0 Å². The van der Waals surface area contributed by atoms with Crippen LogP contribution in [0.1, 0.15) is 48.0 Å². The minimum Gasteiger partial charge on any atom is -0.335 e. The van der Waals surface area contributed by atoms with Gasteiger partial charge in [-0.2, -0.15) is 0 Å². The van der Waals surface area contributed by atoms with Crippen molar-refractivity contribution in [3.8, 4) is 0 Å². The van der Waals surface area contributed by atoms with Crippen molar-refractivity contribution in [1.82, 2.24) is 4.90 Å². The molecular weight excluding hydrogens is 236 g/mol. The lowest BCUT2D eigenvalue weighted by molar-refractivity contribution is 0.0690. The fraction of sp³-hybridized carbons (Fsp3) is 0.562. The zero-order valence-corrected chi connectivity index (χ0v) is 11.3. The Hall–Kier alpha value is -1.35. The van der Waals surface area contributed by atoms with Gasteiger partial charge in [0.1, 0.15) is 0 Å². The Morgan fingerprint density at radius 2 is 2.11 bits per heavy atom. The molecule has 1 aromatic carbocycles. The summed E-state index contributed by atoms with van der Waals surface area (Å²) < 4.78 is 0. The lowest BCUT2D eigenvalue weighted by atomic mass is 9.85. The van der Waals surface area contributed by atoms with E-state index in [1.807, 2.05) is 24.3 Å². The van der Waals surface area contributed by atoms with Crippen molar-refractivity contribution in [3.63, 3.8) is 0 Å². The van der Waals surface area contributed by atoms with Gasteiger partial charge in [0.05, 0.1) is 0 Å². The Bertz CT molecular complexity index is 472. The molecule has 1 saturated carbocycles. The molecule has 102 valence electrons. The standard InChI is InChI=1S/C16H22N2O/c17-11-12-4-3-6-14(10-12)16(19)18-9-8-13-5-1-2-7-15(13)18/h3-4,6,10,13,15H,1-2,5,7-9,11,17H2. The van der Waals surface area contributed by atoms with Gasteiger partial charge < -0.3 is 10.6 Å². The Balaban J connectivity index is 1.79. The number of likely N-dealkylation sites (tertiary alicyclic amines) is 1. The second-order valence-corrected chi connectivity index (χ2v) is 5.80. The van der Waals surface area contributed by atoms with Crippen molar-refractivity contribution in [2.75, 3.05) is 6.54 Å². The molecule has 0 aromatic heterocycles. The molecule has 2 unspecified atom stereocenters. The zero-order valence-electron chi connectivity index (χ0n) is 11.3. The molecule has 3 nitrogen and oxygen atoms in total. The second kappa shape index (κ2) is 5.33. The molecule has 1 aliphatic carbocycles.